The lowest BCUT2D eigenvalue weighted by molar-refractivity contribution is 0.0694. The average molecular weight is 366 g/mol. The highest BCUT2D eigenvalue weighted by Gasteiger charge is 2.33. The number of nitriles is 2. The van der Waals surface area contributed by atoms with Crippen molar-refractivity contribution in [2.24, 2.45) is 4.99 Å². The summed E-state index contributed by atoms with van der Waals surface area (Å²) >= 11 is 0. The first-order valence-electron chi connectivity index (χ1n) is 7.39. The minimum Gasteiger partial charge on any atom is -0.478 e. The fraction of sp³-hybridized carbons (Fsp3) is 0.0625. The maximum absolute atomic E-state index is 14.6. The van der Waals surface area contributed by atoms with Gasteiger partial charge in [-0.25, -0.2) is 19.2 Å². The van der Waals surface area contributed by atoms with E-state index in [9.17, 15) is 19.6 Å². The number of carboxylic acid groups (broad SMARTS) is 1. The molecule has 1 aromatic carbocycles. The third kappa shape index (κ3) is 2.79. The van der Waals surface area contributed by atoms with Gasteiger partial charge in [0.2, 0.25) is 5.96 Å². The fourth-order valence-electron chi connectivity index (χ4n) is 2.79. The van der Waals surface area contributed by atoms with Crippen molar-refractivity contribution < 1.29 is 14.3 Å². The molecule has 27 heavy (non-hydrogen) atoms. The molecule has 2 aromatic rings. The van der Waals surface area contributed by atoms with Gasteiger partial charge in [-0.05, 0) is 12.1 Å². The van der Waals surface area contributed by atoms with Crippen LogP contribution in [0.4, 0.5) is 21.7 Å². The summed E-state index contributed by atoms with van der Waals surface area (Å²) in [6, 6.07) is 4.06. The number of nitrogens with one attached hydrogen (secondary N) is 2. The number of benzene rings is 1. The lowest BCUT2D eigenvalue weighted by Crippen LogP contribution is -2.33. The zero-order chi connectivity index (χ0) is 19.7. The van der Waals surface area contributed by atoms with Gasteiger partial charge in [0, 0.05) is 11.1 Å². The molecule has 0 aliphatic carbocycles. The summed E-state index contributed by atoms with van der Waals surface area (Å²) in [5, 5.41) is 32.5. The third-order valence-corrected chi connectivity index (χ3v) is 3.91. The Bertz CT molecular complexity index is 1080. The smallest absolute Gasteiger partial charge is 0.336 e. The van der Waals surface area contributed by atoms with Gasteiger partial charge in [-0.3, -0.25) is 5.32 Å². The number of nitrogens with zero attached hydrogens (tertiary/aromatic N) is 4. The molecular weight excluding hydrogens is 355 g/mol. The number of aliphatic imine (C=N–C) groups is 1. The molecule has 0 saturated carbocycles. The largest absolute Gasteiger partial charge is 0.478 e. The molecule has 1 aromatic heterocycles. The zero-order valence-electron chi connectivity index (χ0n) is 13.5. The number of nitrogens with two attached hydrogens (primary N) is 2. The second-order valence-corrected chi connectivity index (χ2v) is 5.41. The SMILES string of the molecule is N#CNC1=NC(c2c(F)cccc2C(=O)O)c2c(nc(N)c(C#N)c2N)N1. The number of hydrogen-bond donors (Lipinski definition) is 5. The summed E-state index contributed by atoms with van der Waals surface area (Å²) in [5.74, 6) is -2.48. The van der Waals surface area contributed by atoms with Crippen LogP contribution < -0.4 is 22.1 Å². The van der Waals surface area contributed by atoms with E-state index in [2.05, 4.69) is 20.6 Å². The minimum atomic E-state index is -1.38. The van der Waals surface area contributed by atoms with Crippen molar-refractivity contribution in [3.63, 3.8) is 0 Å². The number of halogens is 1. The number of anilines is 3. The number of aromatic carboxylic acids is 1. The van der Waals surface area contributed by atoms with Gasteiger partial charge in [-0.15, -0.1) is 0 Å². The standard InChI is InChI=1S/C16H11FN8O2/c17-8-3-1-2-6(15(26)27)9(8)12-10-11(20)7(4-18)13(21)24-14(10)25-16(23-12)22-5-19/h1-3,12H,(H,26,27)(H6,20,21,22,23,24,25). The van der Waals surface area contributed by atoms with Crippen molar-refractivity contribution in [1.29, 1.82) is 10.5 Å². The van der Waals surface area contributed by atoms with Crippen LogP contribution in [0.25, 0.3) is 0 Å². The summed E-state index contributed by atoms with van der Waals surface area (Å²) in [6.07, 6.45) is 1.65. The van der Waals surface area contributed by atoms with Crippen molar-refractivity contribution in [2.45, 2.75) is 6.04 Å². The molecule has 1 aliphatic rings. The zero-order valence-corrected chi connectivity index (χ0v) is 13.5. The molecule has 0 amide bonds. The van der Waals surface area contributed by atoms with Crippen molar-refractivity contribution >= 4 is 29.3 Å². The molecule has 0 spiro atoms. The Labute approximate surface area is 151 Å². The van der Waals surface area contributed by atoms with E-state index in [1.165, 1.54) is 12.1 Å². The predicted octanol–water partition coefficient (Wildman–Crippen LogP) is 0.897. The second-order valence-electron chi connectivity index (χ2n) is 5.41. The van der Waals surface area contributed by atoms with Gasteiger partial charge in [0.15, 0.2) is 6.19 Å². The van der Waals surface area contributed by atoms with E-state index < -0.39 is 17.8 Å². The molecule has 3 rings (SSSR count). The number of rotatable bonds is 2. The van der Waals surface area contributed by atoms with E-state index >= 15 is 0 Å². The molecule has 10 nitrogen and oxygen atoms in total. The Morgan fingerprint density at radius 3 is 2.70 bits per heavy atom. The first kappa shape index (κ1) is 17.4. The van der Waals surface area contributed by atoms with Gasteiger partial charge >= 0.3 is 5.97 Å². The number of guanidine groups is 1. The van der Waals surface area contributed by atoms with Crippen LogP contribution >= 0.6 is 0 Å². The fourth-order valence-corrected chi connectivity index (χ4v) is 2.79. The molecule has 1 aliphatic heterocycles. The minimum absolute atomic E-state index is 0.0290. The summed E-state index contributed by atoms with van der Waals surface area (Å²) in [4.78, 5) is 19.8. The Morgan fingerprint density at radius 2 is 2.07 bits per heavy atom. The van der Waals surface area contributed by atoms with Crippen molar-refractivity contribution in [3.05, 3.63) is 46.3 Å². The van der Waals surface area contributed by atoms with Crippen LogP contribution in [0.5, 0.6) is 0 Å². The average Bonchev–Trinajstić information content (AvgIpc) is 2.61. The normalized spacial score (nSPS) is 14.8. The monoisotopic (exact) mass is 366 g/mol. The van der Waals surface area contributed by atoms with E-state index in [0.29, 0.717) is 0 Å². The van der Waals surface area contributed by atoms with E-state index in [1.807, 2.05) is 6.07 Å². The van der Waals surface area contributed by atoms with Crippen molar-refractivity contribution in [1.82, 2.24) is 10.3 Å². The highest BCUT2D eigenvalue weighted by molar-refractivity contribution is 5.99. The van der Waals surface area contributed by atoms with E-state index in [4.69, 9.17) is 16.7 Å². The number of fused-ring (bicyclic) bond motifs is 1. The van der Waals surface area contributed by atoms with Gasteiger partial charge in [0.25, 0.3) is 0 Å². The molecular formula is C16H11FN8O2. The lowest BCUT2D eigenvalue weighted by atomic mass is 9.91. The molecule has 134 valence electrons. The Balaban J connectivity index is 2.36. The lowest BCUT2D eigenvalue weighted by Gasteiger charge is -2.27. The number of aromatic nitrogens is 1. The molecule has 0 bridgehead atoms. The van der Waals surface area contributed by atoms with Gasteiger partial charge in [0.1, 0.15) is 35.1 Å². The first-order valence-corrected chi connectivity index (χ1v) is 7.39. The van der Waals surface area contributed by atoms with Crippen LogP contribution in [0.2, 0.25) is 0 Å². The summed E-state index contributed by atoms with van der Waals surface area (Å²) in [6.45, 7) is 0. The van der Waals surface area contributed by atoms with Crippen LogP contribution in [0, 0.1) is 28.6 Å². The highest BCUT2D eigenvalue weighted by atomic mass is 19.1. The molecule has 7 N–H and O–H groups in total. The molecule has 1 atom stereocenters. The quantitative estimate of drug-likeness (QED) is 0.380. The number of carboxylic acids is 1. The van der Waals surface area contributed by atoms with Crippen LogP contribution in [0.15, 0.2) is 23.2 Å². The van der Waals surface area contributed by atoms with E-state index in [-0.39, 0.29) is 45.5 Å². The molecule has 1 unspecified atom stereocenters. The Hall–Kier alpha value is -4.38. The van der Waals surface area contributed by atoms with Crippen molar-refractivity contribution in [2.75, 3.05) is 16.8 Å². The predicted molar refractivity (Wildman–Crippen MR) is 92.8 cm³/mol. The van der Waals surface area contributed by atoms with Gasteiger partial charge < -0.3 is 21.9 Å². The van der Waals surface area contributed by atoms with Gasteiger partial charge in [-0.1, -0.05) is 6.07 Å². The van der Waals surface area contributed by atoms with E-state index in [0.717, 1.165) is 6.07 Å². The molecule has 0 radical (unpaired) electrons. The molecule has 0 fully saturated rings. The third-order valence-electron chi connectivity index (χ3n) is 3.91. The Morgan fingerprint density at radius 1 is 1.33 bits per heavy atom. The van der Waals surface area contributed by atoms with Crippen LogP contribution in [0.1, 0.15) is 33.1 Å². The second kappa shape index (κ2) is 6.50. The topological polar surface area (TPSA) is 186 Å². The maximum Gasteiger partial charge on any atom is 0.336 e. The summed E-state index contributed by atoms with van der Waals surface area (Å²) in [7, 11) is 0. The number of nitrogen functional groups attached to an aromatic ring is 2. The van der Waals surface area contributed by atoms with Crippen LogP contribution in [0.3, 0.4) is 0 Å². The van der Waals surface area contributed by atoms with Crippen molar-refractivity contribution in [3.8, 4) is 12.3 Å². The maximum atomic E-state index is 14.6. The van der Waals surface area contributed by atoms with Crippen LogP contribution in [-0.2, 0) is 0 Å². The number of hydrogen-bond acceptors (Lipinski definition) is 9. The summed E-state index contributed by atoms with van der Waals surface area (Å²) < 4.78 is 14.6. The molecule has 0 saturated heterocycles. The highest BCUT2D eigenvalue weighted by Crippen LogP contribution is 2.42. The first-order chi connectivity index (χ1) is 12.9. The van der Waals surface area contributed by atoms with Gasteiger partial charge in [0.05, 0.1) is 11.3 Å². The van der Waals surface area contributed by atoms with Crippen LogP contribution in [-0.4, -0.2) is 22.0 Å². The number of pyridine rings is 1. The molecule has 2 heterocycles. The Kier molecular flexibility index (Phi) is 4.20. The van der Waals surface area contributed by atoms with E-state index in [1.54, 1.807) is 6.19 Å². The number of carbonyl (C=O) groups is 1. The van der Waals surface area contributed by atoms with Gasteiger partial charge in [-0.2, -0.15) is 10.5 Å². The molecule has 11 heteroatoms. The summed E-state index contributed by atoms with van der Waals surface area (Å²) in [5.41, 5.74) is 11.0.